The SMILES string of the molecule is CC=C[Si](CC)(CCC)N1CCCC1. The van der Waals surface area contributed by atoms with Crippen molar-refractivity contribution in [2.24, 2.45) is 0 Å². The summed E-state index contributed by atoms with van der Waals surface area (Å²) in [5, 5.41) is 0. The lowest BCUT2D eigenvalue weighted by molar-refractivity contribution is 0.514. The van der Waals surface area contributed by atoms with E-state index in [-0.39, 0.29) is 0 Å². The lowest BCUT2D eigenvalue weighted by Crippen LogP contribution is -2.50. The van der Waals surface area contributed by atoms with Gasteiger partial charge in [-0.25, -0.2) is 0 Å². The fourth-order valence-corrected chi connectivity index (χ4v) is 7.19. The molecule has 0 amide bonds. The van der Waals surface area contributed by atoms with Crippen molar-refractivity contribution in [1.82, 2.24) is 4.57 Å². The first-order chi connectivity index (χ1) is 6.79. The van der Waals surface area contributed by atoms with E-state index in [9.17, 15) is 0 Å². The molecule has 14 heavy (non-hydrogen) atoms. The Hall–Kier alpha value is -0.0831. The summed E-state index contributed by atoms with van der Waals surface area (Å²) in [6.45, 7) is 9.63. The minimum atomic E-state index is -1.18. The lowest BCUT2D eigenvalue weighted by Gasteiger charge is -2.36. The van der Waals surface area contributed by atoms with Crippen molar-refractivity contribution in [1.29, 1.82) is 0 Å². The van der Waals surface area contributed by atoms with Crippen LogP contribution in [0.2, 0.25) is 12.1 Å². The zero-order valence-electron chi connectivity index (χ0n) is 10.1. The van der Waals surface area contributed by atoms with Crippen molar-refractivity contribution in [3.8, 4) is 0 Å². The summed E-state index contributed by atoms with van der Waals surface area (Å²) in [5.41, 5.74) is 2.57. The molecular formula is C12H25NSi. The highest BCUT2D eigenvalue weighted by Gasteiger charge is 2.35. The average molecular weight is 211 g/mol. The molecule has 0 aliphatic carbocycles. The standard InChI is InChI=1S/C12H25NSi/c1-4-11-14(6-3,12-5-2)13-9-7-8-10-13/h4,11H,5-10,12H2,1-3H3. The second-order valence-electron chi connectivity index (χ2n) is 4.40. The Morgan fingerprint density at radius 3 is 2.29 bits per heavy atom. The van der Waals surface area contributed by atoms with Gasteiger partial charge >= 0.3 is 0 Å². The van der Waals surface area contributed by atoms with E-state index >= 15 is 0 Å². The summed E-state index contributed by atoms with van der Waals surface area (Å²) in [5.74, 6) is 0. The van der Waals surface area contributed by atoms with Gasteiger partial charge < -0.3 is 4.57 Å². The normalized spacial score (nSPS) is 23.1. The van der Waals surface area contributed by atoms with Gasteiger partial charge in [0.1, 0.15) is 0 Å². The molecule has 0 N–H and O–H groups in total. The van der Waals surface area contributed by atoms with Crippen LogP contribution < -0.4 is 0 Å². The minimum absolute atomic E-state index is 1.18. The van der Waals surface area contributed by atoms with Crippen LogP contribution in [0.15, 0.2) is 11.8 Å². The van der Waals surface area contributed by atoms with Crippen molar-refractivity contribution in [2.45, 2.75) is 52.1 Å². The molecule has 1 saturated heterocycles. The summed E-state index contributed by atoms with van der Waals surface area (Å²) in [7, 11) is -1.18. The first-order valence-corrected chi connectivity index (χ1v) is 8.62. The smallest absolute Gasteiger partial charge is 0.152 e. The average Bonchev–Trinajstić information content (AvgIpc) is 2.70. The molecule has 1 heterocycles. The molecule has 0 radical (unpaired) electrons. The van der Waals surface area contributed by atoms with E-state index in [2.05, 4.69) is 37.1 Å². The van der Waals surface area contributed by atoms with Crippen LogP contribution in [0.5, 0.6) is 0 Å². The van der Waals surface area contributed by atoms with E-state index in [0.29, 0.717) is 0 Å². The third-order valence-electron chi connectivity index (χ3n) is 3.51. The molecule has 0 aromatic rings. The second-order valence-corrected chi connectivity index (χ2v) is 8.78. The number of allylic oxidation sites excluding steroid dienone is 1. The van der Waals surface area contributed by atoms with Gasteiger partial charge in [-0.3, -0.25) is 0 Å². The second kappa shape index (κ2) is 5.71. The van der Waals surface area contributed by atoms with Crippen LogP contribution in [0.4, 0.5) is 0 Å². The summed E-state index contributed by atoms with van der Waals surface area (Å²) in [6, 6.07) is 2.85. The van der Waals surface area contributed by atoms with Gasteiger partial charge in [-0.15, -0.1) is 0 Å². The summed E-state index contributed by atoms with van der Waals surface area (Å²) < 4.78 is 2.83. The van der Waals surface area contributed by atoms with Gasteiger partial charge in [0, 0.05) is 0 Å². The monoisotopic (exact) mass is 211 g/mol. The molecule has 1 fully saturated rings. The number of nitrogens with zero attached hydrogens (tertiary/aromatic N) is 1. The summed E-state index contributed by atoms with van der Waals surface area (Å²) in [4.78, 5) is 0. The molecule has 82 valence electrons. The Bertz CT molecular complexity index is 185. The number of rotatable bonds is 5. The van der Waals surface area contributed by atoms with Crippen LogP contribution in [0.1, 0.15) is 40.0 Å². The molecule has 1 aliphatic heterocycles. The Labute approximate surface area is 90.3 Å². The van der Waals surface area contributed by atoms with Gasteiger partial charge in [-0.2, -0.15) is 0 Å². The fraction of sp³-hybridized carbons (Fsp3) is 0.833. The highest BCUT2D eigenvalue weighted by atomic mass is 28.3. The first kappa shape index (κ1) is 12.0. The Morgan fingerprint density at radius 2 is 1.86 bits per heavy atom. The molecule has 1 atom stereocenters. The Morgan fingerprint density at radius 1 is 1.21 bits per heavy atom. The molecule has 1 aliphatic rings. The molecule has 0 aromatic heterocycles. The molecule has 0 saturated carbocycles. The van der Waals surface area contributed by atoms with Gasteiger partial charge in [0.2, 0.25) is 0 Å². The van der Waals surface area contributed by atoms with Crippen LogP contribution in [0.3, 0.4) is 0 Å². The van der Waals surface area contributed by atoms with E-state index in [1.165, 1.54) is 44.4 Å². The Kier molecular flexibility index (Phi) is 4.89. The number of hydrogen-bond donors (Lipinski definition) is 0. The van der Waals surface area contributed by atoms with Crippen molar-refractivity contribution in [2.75, 3.05) is 13.1 Å². The topological polar surface area (TPSA) is 3.24 Å². The summed E-state index contributed by atoms with van der Waals surface area (Å²) >= 11 is 0. The number of hydrogen-bond acceptors (Lipinski definition) is 1. The van der Waals surface area contributed by atoms with Gasteiger partial charge in [0.05, 0.1) is 0 Å². The minimum Gasteiger partial charge on any atom is -0.320 e. The zero-order chi connectivity index (χ0) is 10.4. The third-order valence-corrected chi connectivity index (χ3v) is 8.76. The third kappa shape index (κ3) is 2.48. The molecule has 2 heteroatoms. The van der Waals surface area contributed by atoms with E-state index in [4.69, 9.17) is 0 Å². The maximum Gasteiger partial charge on any atom is 0.152 e. The lowest BCUT2D eigenvalue weighted by atomic mass is 10.4. The van der Waals surface area contributed by atoms with E-state index in [0.717, 1.165) is 0 Å². The largest absolute Gasteiger partial charge is 0.320 e. The molecule has 0 aromatic carbocycles. The molecule has 0 bridgehead atoms. The molecule has 1 unspecified atom stereocenters. The van der Waals surface area contributed by atoms with Gasteiger partial charge in [-0.05, 0) is 44.9 Å². The van der Waals surface area contributed by atoms with Crippen LogP contribution in [-0.2, 0) is 0 Å². The van der Waals surface area contributed by atoms with Gasteiger partial charge in [-0.1, -0.05) is 32.0 Å². The van der Waals surface area contributed by atoms with Crippen LogP contribution >= 0.6 is 0 Å². The molecule has 1 rings (SSSR count). The molecular weight excluding hydrogens is 186 g/mol. The van der Waals surface area contributed by atoms with E-state index < -0.39 is 8.24 Å². The van der Waals surface area contributed by atoms with Crippen LogP contribution in [0, 0.1) is 0 Å². The zero-order valence-corrected chi connectivity index (χ0v) is 11.1. The molecule has 1 nitrogen and oxygen atoms in total. The van der Waals surface area contributed by atoms with E-state index in [1.807, 2.05) is 0 Å². The maximum absolute atomic E-state index is 2.83. The molecule has 0 spiro atoms. The van der Waals surface area contributed by atoms with Crippen LogP contribution in [0.25, 0.3) is 0 Å². The predicted molar refractivity (Wildman–Crippen MR) is 67.0 cm³/mol. The van der Waals surface area contributed by atoms with Crippen molar-refractivity contribution in [3.63, 3.8) is 0 Å². The van der Waals surface area contributed by atoms with Crippen molar-refractivity contribution < 1.29 is 0 Å². The maximum atomic E-state index is 2.83. The van der Waals surface area contributed by atoms with Gasteiger partial charge in [0.15, 0.2) is 8.24 Å². The highest BCUT2D eigenvalue weighted by molar-refractivity contribution is 6.81. The van der Waals surface area contributed by atoms with Crippen molar-refractivity contribution in [3.05, 3.63) is 11.8 Å². The Balaban J connectivity index is 2.75. The summed E-state index contributed by atoms with van der Waals surface area (Å²) in [6.07, 6.45) is 6.50. The highest BCUT2D eigenvalue weighted by Crippen LogP contribution is 2.27. The van der Waals surface area contributed by atoms with Crippen LogP contribution in [-0.4, -0.2) is 25.9 Å². The fourth-order valence-electron chi connectivity index (χ4n) is 2.77. The van der Waals surface area contributed by atoms with E-state index in [1.54, 1.807) is 0 Å². The first-order valence-electron chi connectivity index (χ1n) is 6.18. The predicted octanol–water partition coefficient (Wildman–Crippen LogP) is 3.57. The van der Waals surface area contributed by atoms with Crippen molar-refractivity contribution >= 4 is 8.24 Å². The quantitative estimate of drug-likeness (QED) is 0.628. The van der Waals surface area contributed by atoms with Gasteiger partial charge in [0.25, 0.3) is 0 Å².